The third kappa shape index (κ3) is 2.41. The first-order valence-corrected chi connectivity index (χ1v) is 6.42. The van der Waals surface area contributed by atoms with Gasteiger partial charge in [0.25, 0.3) is 0 Å². The van der Waals surface area contributed by atoms with Crippen molar-refractivity contribution < 1.29 is 0 Å². The summed E-state index contributed by atoms with van der Waals surface area (Å²) in [5.74, 6) is 0.659. The van der Waals surface area contributed by atoms with Crippen molar-refractivity contribution in [1.82, 2.24) is 9.97 Å². The quantitative estimate of drug-likeness (QED) is 0.776. The maximum Gasteiger partial charge on any atom is 0.226 e. The fourth-order valence-corrected chi connectivity index (χ4v) is 2.43. The van der Waals surface area contributed by atoms with Gasteiger partial charge in [-0.2, -0.15) is 5.26 Å². The average molecular weight is 250 g/mol. The smallest absolute Gasteiger partial charge is 0.226 e. The summed E-state index contributed by atoms with van der Waals surface area (Å²) in [7, 11) is 0. The van der Waals surface area contributed by atoms with Crippen molar-refractivity contribution in [2.45, 2.75) is 12.8 Å². The fourth-order valence-electron chi connectivity index (χ4n) is 2.43. The minimum Gasteiger partial charge on any atom is -0.340 e. The predicted octanol–water partition coefficient (Wildman–Crippen LogP) is 1.95. The van der Waals surface area contributed by atoms with Gasteiger partial charge in [0, 0.05) is 19.3 Å². The molecule has 4 heteroatoms. The van der Waals surface area contributed by atoms with E-state index in [1.807, 2.05) is 0 Å². The van der Waals surface area contributed by atoms with Crippen molar-refractivity contribution >= 4 is 5.95 Å². The second-order valence-electron chi connectivity index (χ2n) is 4.61. The Morgan fingerprint density at radius 2 is 1.74 bits per heavy atom. The summed E-state index contributed by atoms with van der Waals surface area (Å²) >= 11 is 0. The van der Waals surface area contributed by atoms with Gasteiger partial charge < -0.3 is 4.90 Å². The van der Waals surface area contributed by atoms with E-state index in [1.54, 1.807) is 12.3 Å². The molecular formula is C15H14N4. The van der Waals surface area contributed by atoms with Crippen LogP contribution in [0.4, 0.5) is 5.95 Å². The highest BCUT2D eigenvalue weighted by atomic mass is 15.2. The third-order valence-corrected chi connectivity index (χ3v) is 3.46. The predicted molar refractivity (Wildman–Crippen MR) is 72.8 cm³/mol. The van der Waals surface area contributed by atoms with Gasteiger partial charge in [-0.15, -0.1) is 0 Å². The van der Waals surface area contributed by atoms with E-state index < -0.39 is 0 Å². The first-order chi connectivity index (χ1) is 9.36. The van der Waals surface area contributed by atoms with Crippen LogP contribution in [0.1, 0.15) is 16.8 Å². The van der Waals surface area contributed by atoms with Crippen LogP contribution in [0.5, 0.6) is 0 Å². The maximum atomic E-state index is 8.90. The van der Waals surface area contributed by atoms with Crippen molar-refractivity contribution in [1.29, 1.82) is 5.26 Å². The number of nitriles is 1. The van der Waals surface area contributed by atoms with E-state index in [-0.39, 0.29) is 0 Å². The Labute approximate surface area is 112 Å². The van der Waals surface area contributed by atoms with Crippen LogP contribution in [0.3, 0.4) is 0 Å². The first-order valence-electron chi connectivity index (χ1n) is 6.42. The number of hydrogen-bond acceptors (Lipinski definition) is 4. The van der Waals surface area contributed by atoms with Crippen LogP contribution in [0.2, 0.25) is 0 Å². The SMILES string of the molecule is N#Cc1ccnc(N2CCc3ccccc3CC2)n1. The molecule has 0 atom stereocenters. The monoisotopic (exact) mass is 250 g/mol. The third-order valence-electron chi connectivity index (χ3n) is 3.46. The zero-order valence-electron chi connectivity index (χ0n) is 10.6. The average Bonchev–Trinajstić information content (AvgIpc) is 2.70. The van der Waals surface area contributed by atoms with Crippen LogP contribution in [0, 0.1) is 11.3 Å². The molecule has 94 valence electrons. The lowest BCUT2D eigenvalue weighted by Gasteiger charge is -2.19. The van der Waals surface area contributed by atoms with E-state index >= 15 is 0 Å². The van der Waals surface area contributed by atoms with E-state index in [2.05, 4.69) is 45.2 Å². The molecular weight excluding hydrogens is 236 g/mol. The minimum absolute atomic E-state index is 0.423. The van der Waals surface area contributed by atoms with Crippen LogP contribution in [0.25, 0.3) is 0 Å². The van der Waals surface area contributed by atoms with Crippen LogP contribution < -0.4 is 4.90 Å². The number of nitrogens with zero attached hydrogens (tertiary/aromatic N) is 4. The van der Waals surface area contributed by atoms with Crippen LogP contribution in [0.15, 0.2) is 36.5 Å². The molecule has 0 radical (unpaired) electrons. The Bertz CT molecular complexity index is 603. The molecule has 2 aromatic rings. The molecule has 0 unspecified atom stereocenters. The van der Waals surface area contributed by atoms with E-state index in [0.717, 1.165) is 25.9 Å². The minimum atomic E-state index is 0.423. The summed E-state index contributed by atoms with van der Waals surface area (Å²) < 4.78 is 0. The molecule has 0 spiro atoms. The van der Waals surface area contributed by atoms with Gasteiger partial charge in [-0.3, -0.25) is 0 Å². The second kappa shape index (κ2) is 5.07. The molecule has 1 aromatic heterocycles. The number of aromatic nitrogens is 2. The molecule has 0 saturated carbocycles. The Morgan fingerprint density at radius 1 is 1.05 bits per heavy atom. The highest BCUT2D eigenvalue weighted by Gasteiger charge is 2.15. The molecule has 0 saturated heterocycles. The van der Waals surface area contributed by atoms with E-state index in [9.17, 15) is 0 Å². The summed E-state index contributed by atoms with van der Waals surface area (Å²) in [4.78, 5) is 10.7. The van der Waals surface area contributed by atoms with Crippen LogP contribution >= 0.6 is 0 Å². The lowest BCUT2D eigenvalue weighted by molar-refractivity contribution is 0.771. The summed E-state index contributed by atoms with van der Waals surface area (Å²) in [5.41, 5.74) is 3.23. The number of hydrogen-bond donors (Lipinski definition) is 0. The molecule has 0 fully saturated rings. The second-order valence-corrected chi connectivity index (χ2v) is 4.61. The molecule has 2 heterocycles. The fraction of sp³-hybridized carbons (Fsp3) is 0.267. The highest BCUT2D eigenvalue weighted by molar-refractivity contribution is 5.38. The van der Waals surface area contributed by atoms with Crippen molar-refractivity contribution in [3.05, 3.63) is 53.3 Å². The number of benzene rings is 1. The largest absolute Gasteiger partial charge is 0.340 e. The molecule has 0 bridgehead atoms. The molecule has 19 heavy (non-hydrogen) atoms. The van der Waals surface area contributed by atoms with Gasteiger partial charge in [-0.1, -0.05) is 24.3 Å². The molecule has 3 rings (SSSR count). The highest BCUT2D eigenvalue weighted by Crippen LogP contribution is 2.18. The number of anilines is 1. The zero-order chi connectivity index (χ0) is 13.1. The summed E-state index contributed by atoms with van der Waals surface area (Å²) in [6.45, 7) is 1.79. The summed E-state index contributed by atoms with van der Waals surface area (Å²) in [6.07, 6.45) is 3.64. The van der Waals surface area contributed by atoms with Crippen molar-refractivity contribution in [2.24, 2.45) is 0 Å². The van der Waals surface area contributed by atoms with Crippen LogP contribution in [-0.4, -0.2) is 23.1 Å². The Hall–Kier alpha value is -2.41. The molecule has 1 aliphatic rings. The van der Waals surface area contributed by atoms with Crippen molar-refractivity contribution in [3.8, 4) is 6.07 Å². The molecule has 0 N–H and O–H groups in total. The lowest BCUT2D eigenvalue weighted by atomic mass is 10.0. The lowest BCUT2D eigenvalue weighted by Crippen LogP contribution is -2.28. The van der Waals surface area contributed by atoms with Gasteiger partial charge in [0.1, 0.15) is 11.8 Å². The Kier molecular flexibility index (Phi) is 3.11. The normalized spacial score (nSPS) is 14.4. The topological polar surface area (TPSA) is 52.8 Å². The Balaban J connectivity index is 1.84. The van der Waals surface area contributed by atoms with Gasteiger partial charge in [-0.25, -0.2) is 9.97 Å². The maximum absolute atomic E-state index is 8.90. The summed E-state index contributed by atoms with van der Waals surface area (Å²) in [6, 6.07) is 12.2. The van der Waals surface area contributed by atoms with Gasteiger partial charge >= 0.3 is 0 Å². The molecule has 0 aliphatic carbocycles. The van der Waals surface area contributed by atoms with Crippen molar-refractivity contribution in [2.75, 3.05) is 18.0 Å². The van der Waals surface area contributed by atoms with Gasteiger partial charge in [0.15, 0.2) is 0 Å². The molecule has 4 nitrogen and oxygen atoms in total. The first kappa shape index (κ1) is 11.7. The van der Waals surface area contributed by atoms with Crippen molar-refractivity contribution in [3.63, 3.8) is 0 Å². The standard InChI is InChI=1S/C15H14N4/c16-11-14-5-8-17-15(18-14)19-9-6-12-3-1-2-4-13(12)7-10-19/h1-5,8H,6-7,9-10H2. The molecule has 1 aromatic carbocycles. The van der Waals surface area contributed by atoms with Crippen LogP contribution in [-0.2, 0) is 12.8 Å². The number of rotatable bonds is 1. The number of fused-ring (bicyclic) bond motifs is 1. The molecule has 0 amide bonds. The van der Waals surface area contributed by atoms with E-state index in [0.29, 0.717) is 11.6 Å². The summed E-state index contributed by atoms with van der Waals surface area (Å²) in [5, 5.41) is 8.90. The van der Waals surface area contributed by atoms with Gasteiger partial charge in [0.05, 0.1) is 0 Å². The van der Waals surface area contributed by atoms with Gasteiger partial charge in [-0.05, 0) is 30.0 Å². The Morgan fingerprint density at radius 3 is 2.37 bits per heavy atom. The van der Waals surface area contributed by atoms with E-state index in [4.69, 9.17) is 5.26 Å². The van der Waals surface area contributed by atoms with Gasteiger partial charge in [0.2, 0.25) is 5.95 Å². The molecule has 1 aliphatic heterocycles. The van der Waals surface area contributed by atoms with E-state index in [1.165, 1.54) is 11.1 Å². The zero-order valence-corrected chi connectivity index (χ0v) is 10.6.